The van der Waals surface area contributed by atoms with Gasteiger partial charge in [0, 0.05) is 48.7 Å². The third-order valence-electron chi connectivity index (χ3n) is 3.17. The van der Waals surface area contributed by atoms with Gasteiger partial charge in [0.1, 0.15) is 0 Å². The highest BCUT2D eigenvalue weighted by Crippen LogP contribution is 2.30. The van der Waals surface area contributed by atoms with Gasteiger partial charge in [-0.05, 0) is 29.5 Å². The summed E-state index contributed by atoms with van der Waals surface area (Å²) in [7, 11) is 2.10. The average molecular weight is 287 g/mol. The summed E-state index contributed by atoms with van der Waals surface area (Å²) in [6.07, 6.45) is 3.70. The molecule has 1 heterocycles. The van der Waals surface area contributed by atoms with E-state index in [1.165, 1.54) is 21.7 Å². The molecule has 0 fully saturated rings. The highest BCUT2D eigenvalue weighted by Gasteiger charge is 2.11. The van der Waals surface area contributed by atoms with Crippen molar-refractivity contribution in [2.45, 2.75) is 24.9 Å². The van der Waals surface area contributed by atoms with Gasteiger partial charge < -0.3 is 10.6 Å². The average Bonchev–Trinajstić information content (AvgIpc) is 2.48. The number of nitrogens with two attached hydrogens (primary N) is 1. The predicted molar refractivity (Wildman–Crippen MR) is 87.1 cm³/mol. The normalized spacial score (nSPS) is 10.6. The molecule has 0 aliphatic carbocycles. The lowest BCUT2D eigenvalue weighted by molar-refractivity contribution is 0.889. The van der Waals surface area contributed by atoms with Crippen LogP contribution in [0.3, 0.4) is 0 Å². The quantitative estimate of drug-likeness (QED) is 0.828. The van der Waals surface area contributed by atoms with Crippen molar-refractivity contribution in [1.82, 2.24) is 4.98 Å². The maximum absolute atomic E-state index is 5.96. The topological polar surface area (TPSA) is 42.2 Å². The van der Waals surface area contributed by atoms with E-state index in [4.69, 9.17) is 5.73 Å². The monoisotopic (exact) mass is 287 g/mol. The second kappa shape index (κ2) is 7.31. The highest BCUT2D eigenvalue weighted by molar-refractivity contribution is 7.99. The van der Waals surface area contributed by atoms with Gasteiger partial charge in [-0.2, -0.15) is 0 Å². The van der Waals surface area contributed by atoms with E-state index in [1.807, 2.05) is 24.0 Å². The van der Waals surface area contributed by atoms with Crippen LogP contribution in [0, 0.1) is 0 Å². The fourth-order valence-electron chi connectivity index (χ4n) is 2.26. The van der Waals surface area contributed by atoms with Crippen LogP contribution in [0.25, 0.3) is 0 Å². The number of nitrogens with zero attached hydrogens (tertiary/aromatic N) is 2. The Bertz CT molecular complexity index is 543. The Kier molecular flexibility index (Phi) is 5.44. The van der Waals surface area contributed by atoms with E-state index in [0.717, 1.165) is 12.3 Å². The van der Waals surface area contributed by atoms with Crippen LogP contribution >= 0.6 is 11.8 Å². The van der Waals surface area contributed by atoms with Crippen LogP contribution in [-0.2, 0) is 13.1 Å². The first-order chi connectivity index (χ1) is 9.76. The molecule has 0 amide bonds. The SMILES string of the molecule is CCSc1cccc(N(C)Cc2cccnc2)c1CN. The molecule has 20 heavy (non-hydrogen) atoms. The van der Waals surface area contributed by atoms with Gasteiger partial charge in [0.2, 0.25) is 0 Å². The van der Waals surface area contributed by atoms with Gasteiger partial charge in [0.05, 0.1) is 0 Å². The third kappa shape index (κ3) is 3.52. The van der Waals surface area contributed by atoms with E-state index in [1.54, 1.807) is 6.20 Å². The largest absolute Gasteiger partial charge is 0.370 e. The van der Waals surface area contributed by atoms with Crippen molar-refractivity contribution in [2.75, 3.05) is 17.7 Å². The van der Waals surface area contributed by atoms with Crippen molar-refractivity contribution in [3.8, 4) is 0 Å². The van der Waals surface area contributed by atoms with Crippen LogP contribution in [0.4, 0.5) is 5.69 Å². The lowest BCUT2D eigenvalue weighted by atomic mass is 10.1. The maximum Gasteiger partial charge on any atom is 0.0441 e. The Hall–Kier alpha value is -1.52. The minimum atomic E-state index is 0.565. The molecular weight excluding hydrogens is 266 g/mol. The number of hydrogen-bond donors (Lipinski definition) is 1. The second-order valence-electron chi connectivity index (χ2n) is 4.61. The number of benzene rings is 1. The van der Waals surface area contributed by atoms with Gasteiger partial charge in [-0.25, -0.2) is 0 Å². The van der Waals surface area contributed by atoms with Crippen LogP contribution in [0.15, 0.2) is 47.6 Å². The minimum Gasteiger partial charge on any atom is -0.370 e. The summed E-state index contributed by atoms with van der Waals surface area (Å²) < 4.78 is 0. The zero-order chi connectivity index (χ0) is 14.4. The Morgan fingerprint density at radius 3 is 2.75 bits per heavy atom. The van der Waals surface area contributed by atoms with Crippen LogP contribution in [0.5, 0.6) is 0 Å². The Morgan fingerprint density at radius 2 is 2.10 bits per heavy atom. The Labute approximate surface area is 125 Å². The third-order valence-corrected chi connectivity index (χ3v) is 4.15. The summed E-state index contributed by atoms with van der Waals surface area (Å²) in [6.45, 7) is 3.56. The molecule has 0 bridgehead atoms. The van der Waals surface area contributed by atoms with Gasteiger partial charge in [-0.15, -0.1) is 11.8 Å². The van der Waals surface area contributed by atoms with Gasteiger partial charge >= 0.3 is 0 Å². The molecule has 3 nitrogen and oxygen atoms in total. The Morgan fingerprint density at radius 1 is 1.25 bits per heavy atom. The molecule has 1 aromatic heterocycles. The van der Waals surface area contributed by atoms with Crippen LogP contribution in [0.1, 0.15) is 18.1 Å². The molecule has 0 atom stereocenters. The zero-order valence-corrected chi connectivity index (χ0v) is 12.9. The molecular formula is C16H21N3S. The predicted octanol–water partition coefficient (Wildman–Crippen LogP) is 3.29. The molecule has 2 rings (SSSR count). The fraction of sp³-hybridized carbons (Fsp3) is 0.312. The number of thioether (sulfide) groups is 1. The van der Waals surface area contributed by atoms with E-state index in [-0.39, 0.29) is 0 Å². The lowest BCUT2D eigenvalue weighted by Gasteiger charge is -2.23. The van der Waals surface area contributed by atoms with Crippen LogP contribution in [0.2, 0.25) is 0 Å². The number of rotatable bonds is 6. The molecule has 106 valence electrons. The second-order valence-corrected chi connectivity index (χ2v) is 5.91. The molecule has 0 radical (unpaired) electrons. The summed E-state index contributed by atoms with van der Waals surface area (Å²) in [6, 6.07) is 10.5. The smallest absolute Gasteiger partial charge is 0.0441 e. The summed E-state index contributed by atoms with van der Waals surface area (Å²) in [5.41, 5.74) is 9.59. The molecule has 4 heteroatoms. The first-order valence-electron chi connectivity index (χ1n) is 6.81. The minimum absolute atomic E-state index is 0.565. The standard InChI is InChI=1S/C16H21N3S/c1-3-20-16-8-4-7-15(14(16)10-17)19(2)12-13-6-5-9-18-11-13/h4-9,11H,3,10,12,17H2,1-2H3. The van der Waals surface area contributed by atoms with Crippen molar-refractivity contribution in [3.05, 3.63) is 53.9 Å². The van der Waals surface area contributed by atoms with Crippen molar-refractivity contribution in [3.63, 3.8) is 0 Å². The van der Waals surface area contributed by atoms with Crippen LogP contribution < -0.4 is 10.6 Å². The zero-order valence-electron chi connectivity index (χ0n) is 12.0. The summed E-state index contributed by atoms with van der Waals surface area (Å²) >= 11 is 1.85. The van der Waals surface area contributed by atoms with Gasteiger partial charge in [0.15, 0.2) is 0 Å². The van der Waals surface area contributed by atoms with Gasteiger partial charge in [-0.1, -0.05) is 19.1 Å². The van der Waals surface area contributed by atoms with E-state index in [9.17, 15) is 0 Å². The van der Waals surface area contributed by atoms with Crippen LogP contribution in [-0.4, -0.2) is 17.8 Å². The number of aromatic nitrogens is 1. The summed E-state index contributed by atoms with van der Waals surface area (Å²) in [5.74, 6) is 1.06. The summed E-state index contributed by atoms with van der Waals surface area (Å²) in [5, 5.41) is 0. The molecule has 0 aliphatic heterocycles. The van der Waals surface area contributed by atoms with Gasteiger partial charge in [0.25, 0.3) is 0 Å². The molecule has 0 saturated carbocycles. The first-order valence-corrected chi connectivity index (χ1v) is 7.79. The number of pyridine rings is 1. The van der Waals surface area contributed by atoms with Crippen molar-refractivity contribution in [1.29, 1.82) is 0 Å². The van der Waals surface area contributed by atoms with Gasteiger partial charge in [-0.3, -0.25) is 4.98 Å². The maximum atomic E-state index is 5.96. The summed E-state index contributed by atoms with van der Waals surface area (Å²) in [4.78, 5) is 7.68. The van der Waals surface area contributed by atoms with Crippen molar-refractivity contribution >= 4 is 17.4 Å². The molecule has 1 aromatic carbocycles. The number of anilines is 1. The van der Waals surface area contributed by atoms with E-state index in [2.05, 4.69) is 48.1 Å². The molecule has 0 unspecified atom stereocenters. The van der Waals surface area contributed by atoms with E-state index >= 15 is 0 Å². The molecule has 0 saturated heterocycles. The fourth-order valence-corrected chi connectivity index (χ4v) is 3.11. The van der Waals surface area contributed by atoms with E-state index < -0.39 is 0 Å². The molecule has 0 aliphatic rings. The number of hydrogen-bond acceptors (Lipinski definition) is 4. The van der Waals surface area contributed by atoms with E-state index in [0.29, 0.717) is 6.54 Å². The highest BCUT2D eigenvalue weighted by atomic mass is 32.2. The molecule has 2 N–H and O–H groups in total. The molecule has 0 spiro atoms. The van der Waals surface area contributed by atoms with Crippen molar-refractivity contribution in [2.24, 2.45) is 5.73 Å². The lowest BCUT2D eigenvalue weighted by Crippen LogP contribution is -2.19. The first kappa shape index (κ1) is 14.9. The molecule has 2 aromatic rings. The van der Waals surface area contributed by atoms with Crippen molar-refractivity contribution < 1.29 is 0 Å². The Balaban J connectivity index is 2.25.